The van der Waals surface area contributed by atoms with Gasteiger partial charge in [-0.3, -0.25) is 0 Å². The van der Waals surface area contributed by atoms with Crippen LogP contribution in [0, 0.1) is 0 Å². The van der Waals surface area contributed by atoms with Gasteiger partial charge in [0.05, 0.1) is 0 Å². The van der Waals surface area contributed by atoms with E-state index in [0.29, 0.717) is 9.50 Å². The molecule has 0 saturated carbocycles. The van der Waals surface area contributed by atoms with Crippen LogP contribution in [0.1, 0.15) is 18.5 Å². The first-order chi connectivity index (χ1) is 9.79. The van der Waals surface area contributed by atoms with E-state index in [4.69, 9.17) is 23.2 Å². The quantitative estimate of drug-likeness (QED) is 0.770. The Morgan fingerprint density at radius 2 is 1.86 bits per heavy atom. The lowest BCUT2D eigenvalue weighted by Gasteiger charge is -2.15. The topological polar surface area (TPSA) is 59.1 Å². The van der Waals surface area contributed by atoms with Gasteiger partial charge in [-0.05, 0) is 46.6 Å². The van der Waals surface area contributed by atoms with Gasteiger partial charge in [0.1, 0.15) is 10.0 Å². The van der Waals surface area contributed by atoms with Gasteiger partial charge in [-0.1, -0.05) is 35.3 Å². The van der Waals surface area contributed by atoms with E-state index >= 15 is 0 Å². The number of hydrogen-bond donors (Lipinski definition) is 1. The van der Waals surface area contributed by atoms with E-state index in [1.807, 2.05) is 0 Å². The average Bonchev–Trinajstić information content (AvgIpc) is 2.41. The minimum atomic E-state index is -3.78. The van der Waals surface area contributed by atoms with Crippen molar-refractivity contribution in [2.24, 2.45) is 0 Å². The summed E-state index contributed by atoms with van der Waals surface area (Å²) in [7, 11) is -3.78. The van der Waals surface area contributed by atoms with Gasteiger partial charge in [0.15, 0.2) is 0 Å². The standard InChI is InChI=1S/C13H11BrCl2N2O2S/c1-8(9-2-4-11(15)5-3-9)18-21(19,20)12-6-10(14)7-17-13(12)16/h2-8,18H,1H3. The fraction of sp³-hybridized carbons (Fsp3) is 0.154. The zero-order valence-corrected chi connectivity index (χ0v) is 14.8. The summed E-state index contributed by atoms with van der Waals surface area (Å²) in [5.74, 6) is 0. The second-order valence-electron chi connectivity index (χ2n) is 4.34. The SMILES string of the molecule is CC(NS(=O)(=O)c1cc(Br)cnc1Cl)c1ccc(Cl)cc1. The van der Waals surface area contributed by atoms with Crippen molar-refractivity contribution in [1.82, 2.24) is 9.71 Å². The lowest BCUT2D eigenvalue weighted by atomic mass is 10.1. The first-order valence-electron chi connectivity index (χ1n) is 5.88. The summed E-state index contributed by atoms with van der Waals surface area (Å²) in [5, 5.41) is 0.516. The Kier molecular flexibility index (Phi) is 5.27. The molecule has 0 spiro atoms. The average molecular weight is 410 g/mol. The molecule has 2 aromatic rings. The first kappa shape index (κ1) is 16.7. The maximum Gasteiger partial charge on any atom is 0.244 e. The third-order valence-electron chi connectivity index (χ3n) is 2.76. The predicted octanol–water partition coefficient (Wildman–Crippen LogP) is 4.19. The van der Waals surface area contributed by atoms with Crippen molar-refractivity contribution >= 4 is 49.2 Å². The van der Waals surface area contributed by atoms with E-state index in [-0.39, 0.29) is 10.0 Å². The highest BCUT2D eigenvalue weighted by Gasteiger charge is 2.22. The van der Waals surface area contributed by atoms with E-state index in [0.717, 1.165) is 5.56 Å². The minimum absolute atomic E-state index is 0.0700. The van der Waals surface area contributed by atoms with Gasteiger partial charge < -0.3 is 0 Å². The number of hydrogen-bond acceptors (Lipinski definition) is 3. The molecule has 1 heterocycles. The van der Waals surface area contributed by atoms with Crippen LogP contribution in [0.15, 0.2) is 45.9 Å². The highest BCUT2D eigenvalue weighted by molar-refractivity contribution is 9.10. The van der Waals surface area contributed by atoms with Gasteiger partial charge in [-0.25, -0.2) is 18.1 Å². The molecule has 8 heteroatoms. The maximum absolute atomic E-state index is 12.4. The molecule has 21 heavy (non-hydrogen) atoms. The molecule has 0 bridgehead atoms. The molecule has 0 aliphatic rings. The fourth-order valence-corrected chi connectivity index (χ4v) is 4.01. The third kappa shape index (κ3) is 4.17. The molecule has 112 valence electrons. The molecule has 0 amide bonds. The number of benzene rings is 1. The molecule has 2 rings (SSSR count). The van der Waals surface area contributed by atoms with Crippen LogP contribution in [0.4, 0.5) is 0 Å². The van der Waals surface area contributed by atoms with Gasteiger partial charge in [0.2, 0.25) is 10.0 Å². The molecule has 1 unspecified atom stereocenters. The first-order valence-corrected chi connectivity index (χ1v) is 8.91. The monoisotopic (exact) mass is 408 g/mol. The summed E-state index contributed by atoms with van der Waals surface area (Å²) in [6, 6.07) is 7.91. The van der Waals surface area contributed by atoms with Crippen LogP contribution in [0.3, 0.4) is 0 Å². The minimum Gasteiger partial charge on any atom is -0.242 e. The number of sulfonamides is 1. The molecular weight excluding hydrogens is 399 g/mol. The molecule has 1 aromatic carbocycles. The molecule has 1 N–H and O–H groups in total. The van der Waals surface area contributed by atoms with E-state index in [1.54, 1.807) is 31.2 Å². The summed E-state index contributed by atoms with van der Waals surface area (Å²) >= 11 is 14.9. The molecule has 0 fully saturated rings. The highest BCUT2D eigenvalue weighted by atomic mass is 79.9. The zero-order chi connectivity index (χ0) is 15.6. The summed E-state index contributed by atoms with van der Waals surface area (Å²) in [6.07, 6.45) is 1.43. The summed E-state index contributed by atoms with van der Waals surface area (Å²) in [6.45, 7) is 1.74. The van der Waals surface area contributed by atoms with Crippen molar-refractivity contribution in [3.05, 3.63) is 56.7 Å². The van der Waals surface area contributed by atoms with Gasteiger partial charge >= 0.3 is 0 Å². The second kappa shape index (κ2) is 6.62. The van der Waals surface area contributed by atoms with E-state index in [9.17, 15) is 8.42 Å². The molecule has 1 aromatic heterocycles. The van der Waals surface area contributed by atoms with Gasteiger partial charge in [0.25, 0.3) is 0 Å². The Hall–Kier alpha value is -0.660. The van der Waals surface area contributed by atoms with Crippen molar-refractivity contribution in [2.45, 2.75) is 17.9 Å². The maximum atomic E-state index is 12.4. The third-order valence-corrected chi connectivity index (χ3v) is 5.42. The van der Waals surface area contributed by atoms with Crippen molar-refractivity contribution < 1.29 is 8.42 Å². The number of nitrogens with one attached hydrogen (secondary N) is 1. The Labute approximate surface area is 141 Å². The Morgan fingerprint density at radius 3 is 2.48 bits per heavy atom. The highest BCUT2D eigenvalue weighted by Crippen LogP contribution is 2.25. The number of halogens is 3. The van der Waals surface area contributed by atoms with Crippen LogP contribution < -0.4 is 4.72 Å². The Morgan fingerprint density at radius 1 is 1.24 bits per heavy atom. The molecule has 1 atom stereocenters. The summed E-state index contributed by atoms with van der Waals surface area (Å²) < 4.78 is 27.8. The lowest BCUT2D eigenvalue weighted by Crippen LogP contribution is -2.27. The zero-order valence-electron chi connectivity index (χ0n) is 10.8. The molecular formula is C13H11BrCl2N2O2S. The smallest absolute Gasteiger partial charge is 0.242 e. The number of pyridine rings is 1. The molecule has 0 radical (unpaired) electrons. The van der Waals surface area contributed by atoms with Crippen molar-refractivity contribution in [3.8, 4) is 0 Å². The molecule has 0 aliphatic carbocycles. The largest absolute Gasteiger partial charge is 0.244 e. The fourth-order valence-electron chi connectivity index (χ4n) is 1.71. The van der Waals surface area contributed by atoms with Gasteiger partial charge in [0, 0.05) is 21.7 Å². The van der Waals surface area contributed by atoms with Gasteiger partial charge in [-0.2, -0.15) is 0 Å². The number of aromatic nitrogens is 1. The van der Waals surface area contributed by atoms with Crippen LogP contribution in [0.25, 0.3) is 0 Å². The van der Waals surface area contributed by atoms with Crippen LogP contribution in [-0.4, -0.2) is 13.4 Å². The van der Waals surface area contributed by atoms with Crippen molar-refractivity contribution in [3.63, 3.8) is 0 Å². The molecule has 0 saturated heterocycles. The normalized spacial score (nSPS) is 13.1. The Bertz CT molecular complexity index is 751. The summed E-state index contributed by atoms with van der Waals surface area (Å²) in [4.78, 5) is 3.75. The van der Waals surface area contributed by atoms with E-state index < -0.39 is 16.1 Å². The number of rotatable bonds is 4. The summed E-state index contributed by atoms with van der Waals surface area (Å²) in [5.41, 5.74) is 0.794. The van der Waals surface area contributed by atoms with Crippen LogP contribution >= 0.6 is 39.1 Å². The number of nitrogens with zero attached hydrogens (tertiary/aromatic N) is 1. The lowest BCUT2D eigenvalue weighted by molar-refractivity contribution is 0.566. The second-order valence-corrected chi connectivity index (χ2v) is 7.73. The van der Waals surface area contributed by atoms with E-state index in [2.05, 4.69) is 25.6 Å². The molecule has 4 nitrogen and oxygen atoms in total. The van der Waals surface area contributed by atoms with Crippen molar-refractivity contribution in [1.29, 1.82) is 0 Å². The van der Waals surface area contributed by atoms with Crippen LogP contribution in [0.5, 0.6) is 0 Å². The van der Waals surface area contributed by atoms with Gasteiger partial charge in [-0.15, -0.1) is 0 Å². The van der Waals surface area contributed by atoms with Crippen molar-refractivity contribution in [2.75, 3.05) is 0 Å². The van der Waals surface area contributed by atoms with Crippen LogP contribution in [-0.2, 0) is 10.0 Å². The predicted molar refractivity (Wildman–Crippen MR) is 87.1 cm³/mol. The Balaban J connectivity index is 2.28. The van der Waals surface area contributed by atoms with Crippen LogP contribution in [0.2, 0.25) is 10.2 Å². The molecule has 0 aliphatic heterocycles. The van der Waals surface area contributed by atoms with E-state index in [1.165, 1.54) is 12.3 Å².